The maximum Gasteiger partial charge on any atom is 0.209 e. The Morgan fingerprint density at radius 3 is 1.44 bits per heavy atom. The Labute approximate surface area is 217 Å². The molecule has 36 heavy (non-hydrogen) atoms. The van der Waals surface area contributed by atoms with Gasteiger partial charge in [-0.15, -0.1) is 0 Å². The number of nitrogens with zero attached hydrogens (tertiary/aromatic N) is 6. The highest BCUT2D eigenvalue weighted by atomic mass is 15.3. The Balaban J connectivity index is 1.69. The van der Waals surface area contributed by atoms with Crippen molar-refractivity contribution in [2.24, 2.45) is 0 Å². The summed E-state index contributed by atoms with van der Waals surface area (Å²) in [6, 6.07) is 18.2. The molecule has 6 heteroatoms. The van der Waals surface area contributed by atoms with Crippen LogP contribution in [0.5, 0.6) is 0 Å². The van der Waals surface area contributed by atoms with Gasteiger partial charge in [0.1, 0.15) is 11.4 Å². The molecule has 0 spiro atoms. The van der Waals surface area contributed by atoms with Gasteiger partial charge in [-0.1, -0.05) is 0 Å². The summed E-state index contributed by atoms with van der Waals surface area (Å²) in [6.07, 6.45) is 4.80. The van der Waals surface area contributed by atoms with Gasteiger partial charge < -0.3 is 24.5 Å². The summed E-state index contributed by atoms with van der Waals surface area (Å²) in [5.74, 6) is 0. The van der Waals surface area contributed by atoms with E-state index in [4.69, 9.17) is 0 Å². The molecule has 5 rings (SSSR count). The van der Waals surface area contributed by atoms with Gasteiger partial charge in [0.15, 0.2) is 12.4 Å². The van der Waals surface area contributed by atoms with Crippen LogP contribution >= 0.6 is 0 Å². The molecule has 0 saturated carbocycles. The fraction of sp³-hybridized carbons (Fsp3) is 0.433. The van der Waals surface area contributed by atoms with Gasteiger partial charge in [-0.25, -0.2) is 0 Å². The average molecular weight is 486 g/mol. The van der Waals surface area contributed by atoms with Gasteiger partial charge in [0.05, 0.1) is 5.69 Å². The van der Waals surface area contributed by atoms with Crippen LogP contribution in [0.25, 0.3) is 0 Å². The summed E-state index contributed by atoms with van der Waals surface area (Å²) < 4.78 is 2.46. The minimum atomic E-state index is 0.0914. The van der Waals surface area contributed by atoms with Gasteiger partial charge in [-0.3, -0.25) is 0 Å². The van der Waals surface area contributed by atoms with Crippen LogP contribution in [0.4, 0.5) is 28.4 Å². The van der Waals surface area contributed by atoms with Crippen molar-refractivity contribution in [2.75, 3.05) is 92.0 Å². The average Bonchev–Trinajstić information content (AvgIpc) is 2.90. The lowest BCUT2D eigenvalue weighted by Gasteiger charge is -2.44. The van der Waals surface area contributed by atoms with Crippen molar-refractivity contribution in [1.29, 1.82) is 0 Å². The molecule has 2 aliphatic heterocycles. The van der Waals surface area contributed by atoms with E-state index in [0.29, 0.717) is 0 Å². The zero-order valence-electron chi connectivity index (χ0n) is 22.8. The van der Waals surface area contributed by atoms with Gasteiger partial charge in [0.25, 0.3) is 0 Å². The standard InChI is InChI=1S/C30H41N6/c1-7-33-17-19-35-20-18-34(8-2)28-22-36(21-27(33)30(28)35)29(23-9-13-25(14-10-23)31(3)4)24-11-15-26(16-12-24)32(5)6/h9-16,21-22,29H,7-8,17-20H2,1-6H3/q+1. The van der Waals surface area contributed by atoms with Crippen molar-refractivity contribution < 1.29 is 4.57 Å². The molecule has 0 radical (unpaired) electrons. The largest absolute Gasteiger partial charge is 0.378 e. The van der Waals surface area contributed by atoms with Gasteiger partial charge in [-0.2, -0.15) is 4.57 Å². The highest BCUT2D eigenvalue weighted by Gasteiger charge is 2.36. The summed E-state index contributed by atoms with van der Waals surface area (Å²) >= 11 is 0. The first-order valence-electron chi connectivity index (χ1n) is 13.3. The first-order chi connectivity index (χ1) is 17.4. The lowest BCUT2D eigenvalue weighted by atomic mass is 9.97. The van der Waals surface area contributed by atoms with Crippen LogP contribution in [-0.4, -0.2) is 67.5 Å². The second-order valence-corrected chi connectivity index (χ2v) is 10.3. The molecule has 0 atom stereocenters. The van der Waals surface area contributed by atoms with E-state index in [0.717, 1.165) is 39.3 Å². The molecule has 190 valence electrons. The number of aromatic nitrogens is 1. The summed E-state index contributed by atoms with van der Waals surface area (Å²) in [5.41, 5.74) is 9.16. The molecular weight excluding hydrogens is 444 g/mol. The minimum Gasteiger partial charge on any atom is -0.378 e. The Morgan fingerprint density at radius 2 is 1.08 bits per heavy atom. The smallest absolute Gasteiger partial charge is 0.209 e. The number of hydrogen-bond acceptors (Lipinski definition) is 5. The van der Waals surface area contributed by atoms with Crippen molar-refractivity contribution >= 4 is 28.4 Å². The number of anilines is 5. The summed E-state index contributed by atoms with van der Waals surface area (Å²) in [6.45, 7) is 11.0. The molecule has 0 saturated heterocycles. The number of pyridine rings is 1. The van der Waals surface area contributed by atoms with Crippen LogP contribution in [0.2, 0.25) is 0 Å². The van der Waals surface area contributed by atoms with E-state index >= 15 is 0 Å². The normalized spacial score (nSPS) is 14.8. The first-order valence-corrected chi connectivity index (χ1v) is 13.3. The predicted octanol–water partition coefficient (Wildman–Crippen LogP) is 4.23. The lowest BCUT2D eigenvalue weighted by molar-refractivity contribution is -0.703. The lowest BCUT2D eigenvalue weighted by Crippen LogP contribution is -2.51. The van der Waals surface area contributed by atoms with E-state index < -0.39 is 0 Å². The van der Waals surface area contributed by atoms with Crippen molar-refractivity contribution in [2.45, 2.75) is 19.9 Å². The van der Waals surface area contributed by atoms with Crippen molar-refractivity contribution in [1.82, 2.24) is 0 Å². The third kappa shape index (κ3) is 4.34. The van der Waals surface area contributed by atoms with Gasteiger partial charge in [0, 0.05) is 90.0 Å². The molecule has 3 aromatic rings. The summed E-state index contributed by atoms with van der Waals surface area (Å²) in [5, 5.41) is 0. The van der Waals surface area contributed by atoms with E-state index in [1.807, 2.05) is 0 Å². The quantitative estimate of drug-likeness (QED) is 0.466. The van der Waals surface area contributed by atoms with Crippen molar-refractivity contribution in [3.63, 3.8) is 0 Å². The molecule has 0 bridgehead atoms. The van der Waals surface area contributed by atoms with Crippen LogP contribution in [0.15, 0.2) is 60.9 Å². The van der Waals surface area contributed by atoms with Gasteiger partial charge >= 0.3 is 0 Å². The van der Waals surface area contributed by atoms with Crippen LogP contribution in [-0.2, 0) is 0 Å². The second-order valence-electron chi connectivity index (χ2n) is 10.3. The molecule has 6 nitrogen and oxygen atoms in total. The molecule has 0 amide bonds. The summed E-state index contributed by atoms with van der Waals surface area (Å²) in [4.78, 5) is 12.0. The van der Waals surface area contributed by atoms with Gasteiger partial charge in [0.2, 0.25) is 6.04 Å². The fourth-order valence-electron chi connectivity index (χ4n) is 5.67. The van der Waals surface area contributed by atoms with E-state index in [2.05, 4.69) is 132 Å². The summed E-state index contributed by atoms with van der Waals surface area (Å²) in [7, 11) is 8.39. The number of likely N-dealkylation sites (N-methyl/N-ethyl adjacent to an activating group) is 2. The first kappa shape index (κ1) is 24.3. The number of hydrogen-bond donors (Lipinski definition) is 0. The molecule has 2 aromatic carbocycles. The molecule has 3 heterocycles. The van der Waals surface area contributed by atoms with Crippen LogP contribution < -0.4 is 29.1 Å². The van der Waals surface area contributed by atoms with Gasteiger partial charge in [-0.05, 0) is 62.4 Å². The Morgan fingerprint density at radius 1 is 0.667 bits per heavy atom. The number of rotatable bonds is 7. The highest BCUT2D eigenvalue weighted by molar-refractivity contribution is 5.85. The SMILES string of the molecule is CCN1CCN2CCN(CC)c3c[n+](C(c4ccc(N(C)C)cc4)c4ccc(N(C)C)cc4)cc1c32. The van der Waals surface area contributed by atoms with E-state index in [9.17, 15) is 0 Å². The molecular formula is C30H41N6+. The van der Waals surface area contributed by atoms with Crippen LogP contribution in [0.1, 0.15) is 31.0 Å². The third-order valence-corrected chi connectivity index (χ3v) is 7.82. The third-order valence-electron chi connectivity index (χ3n) is 7.82. The molecule has 2 aliphatic rings. The zero-order chi connectivity index (χ0) is 25.4. The Bertz CT molecular complexity index is 1100. The maximum absolute atomic E-state index is 2.60. The van der Waals surface area contributed by atoms with Crippen LogP contribution in [0, 0.1) is 0 Å². The molecule has 0 unspecified atom stereocenters. The van der Waals surface area contributed by atoms with Crippen molar-refractivity contribution in [3.05, 3.63) is 72.1 Å². The number of benzene rings is 2. The van der Waals surface area contributed by atoms with E-state index in [1.54, 1.807) is 0 Å². The molecule has 0 fully saturated rings. The second kappa shape index (κ2) is 9.92. The Kier molecular flexibility index (Phi) is 6.69. The highest BCUT2D eigenvalue weighted by Crippen LogP contribution is 2.43. The predicted molar refractivity (Wildman–Crippen MR) is 153 cm³/mol. The monoisotopic (exact) mass is 485 g/mol. The van der Waals surface area contributed by atoms with Crippen LogP contribution in [0.3, 0.4) is 0 Å². The zero-order valence-corrected chi connectivity index (χ0v) is 22.8. The molecule has 0 N–H and O–H groups in total. The molecule has 0 aliphatic carbocycles. The minimum absolute atomic E-state index is 0.0914. The maximum atomic E-state index is 2.60. The van der Waals surface area contributed by atoms with E-state index in [1.165, 1.54) is 39.6 Å². The van der Waals surface area contributed by atoms with E-state index in [-0.39, 0.29) is 6.04 Å². The fourth-order valence-corrected chi connectivity index (χ4v) is 5.67. The Hall–Kier alpha value is -3.41. The molecule has 1 aromatic heterocycles. The topological polar surface area (TPSA) is 20.1 Å². The van der Waals surface area contributed by atoms with Crippen molar-refractivity contribution in [3.8, 4) is 0 Å².